The van der Waals surface area contributed by atoms with Crippen LogP contribution in [-0.4, -0.2) is 39.7 Å². The Morgan fingerprint density at radius 2 is 1.73 bits per heavy atom. The summed E-state index contributed by atoms with van der Waals surface area (Å²) in [5.41, 5.74) is 1.56. The van der Waals surface area contributed by atoms with Crippen LogP contribution in [0.3, 0.4) is 0 Å². The molecule has 1 aliphatic rings. The molecule has 3 aromatic rings. The average Bonchev–Trinajstić information content (AvgIpc) is 2.68. The van der Waals surface area contributed by atoms with Crippen LogP contribution in [0.1, 0.15) is 0 Å². The van der Waals surface area contributed by atoms with Crippen molar-refractivity contribution in [1.82, 2.24) is 4.98 Å². The Labute approximate surface area is 157 Å². The number of pyridine rings is 1. The first-order chi connectivity index (χ1) is 12.6. The number of hydrogen-bond donors (Lipinski definition) is 0. The second kappa shape index (κ2) is 6.87. The number of halogens is 1. The van der Waals surface area contributed by atoms with E-state index < -0.39 is 9.84 Å². The van der Waals surface area contributed by atoms with Crippen LogP contribution in [0.25, 0.3) is 10.9 Å². The molecule has 0 N–H and O–H groups in total. The van der Waals surface area contributed by atoms with Gasteiger partial charge >= 0.3 is 0 Å². The third kappa shape index (κ3) is 3.16. The van der Waals surface area contributed by atoms with Gasteiger partial charge in [-0.15, -0.1) is 0 Å². The van der Waals surface area contributed by atoms with Crippen molar-refractivity contribution in [2.45, 2.75) is 9.79 Å². The van der Waals surface area contributed by atoms with Gasteiger partial charge in [0.1, 0.15) is 0 Å². The van der Waals surface area contributed by atoms with E-state index in [2.05, 4.69) is 9.88 Å². The van der Waals surface area contributed by atoms with Crippen LogP contribution in [0.15, 0.2) is 64.5 Å². The van der Waals surface area contributed by atoms with E-state index in [1.165, 1.54) is 12.3 Å². The van der Waals surface area contributed by atoms with Crippen LogP contribution in [-0.2, 0) is 14.6 Å². The number of fused-ring (bicyclic) bond motifs is 1. The highest BCUT2D eigenvalue weighted by molar-refractivity contribution is 7.91. The third-order valence-corrected chi connectivity index (χ3v) is 6.54. The van der Waals surface area contributed by atoms with Crippen LogP contribution in [0.2, 0.25) is 5.02 Å². The van der Waals surface area contributed by atoms with Crippen molar-refractivity contribution >= 4 is 38.0 Å². The molecule has 0 aliphatic carbocycles. The van der Waals surface area contributed by atoms with Crippen molar-refractivity contribution in [2.24, 2.45) is 0 Å². The minimum atomic E-state index is -3.65. The normalized spacial score (nSPS) is 15.3. The van der Waals surface area contributed by atoms with Gasteiger partial charge in [0, 0.05) is 35.4 Å². The van der Waals surface area contributed by atoms with E-state index >= 15 is 0 Å². The van der Waals surface area contributed by atoms with Gasteiger partial charge in [-0.1, -0.05) is 17.7 Å². The zero-order valence-electron chi connectivity index (χ0n) is 13.9. The minimum absolute atomic E-state index is 0.235. The van der Waals surface area contributed by atoms with Crippen molar-refractivity contribution in [3.63, 3.8) is 0 Å². The molecule has 0 unspecified atom stereocenters. The summed E-state index contributed by atoms with van der Waals surface area (Å²) in [6.45, 7) is 2.99. The van der Waals surface area contributed by atoms with Crippen LogP contribution in [0.5, 0.6) is 0 Å². The lowest BCUT2D eigenvalue weighted by atomic mass is 10.2. The van der Waals surface area contributed by atoms with E-state index in [1.54, 1.807) is 30.3 Å². The first-order valence-electron chi connectivity index (χ1n) is 8.28. The maximum Gasteiger partial charge on any atom is 0.207 e. The van der Waals surface area contributed by atoms with Crippen LogP contribution >= 0.6 is 11.6 Å². The molecular formula is C19H17ClN2O3S. The summed E-state index contributed by atoms with van der Waals surface area (Å²) in [7, 11) is -3.65. The number of nitrogens with zero attached hydrogens (tertiary/aromatic N) is 2. The number of anilines is 1. The molecule has 2 heterocycles. The Morgan fingerprint density at radius 3 is 2.46 bits per heavy atom. The maximum atomic E-state index is 13.1. The molecule has 1 aromatic heterocycles. The Kier molecular flexibility index (Phi) is 4.56. The standard InChI is InChI=1S/C19H17ClN2O3S/c20-14-1-6-17-18(13-14)21-8-7-19(17)26(23,24)16-4-2-15(3-5-16)22-9-11-25-12-10-22/h1-8,13H,9-12H2. The molecule has 0 radical (unpaired) electrons. The highest BCUT2D eigenvalue weighted by atomic mass is 35.5. The van der Waals surface area contributed by atoms with E-state index in [4.69, 9.17) is 16.3 Å². The highest BCUT2D eigenvalue weighted by Crippen LogP contribution is 2.29. The van der Waals surface area contributed by atoms with Gasteiger partial charge < -0.3 is 9.64 Å². The molecule has 1 aliphatic heterocycles. The number of benzene rings is 2. The summed E-state index contributed by atoms with van der Waals surface area (Å²) in [4.78, 5) is 6.90. The number of sulfone groups is 1. The molecule has 0 amide bonds. The number of aromatic nitrogens is 1. The summed E-state index contributed by atoms with van der Waals surface area (Å²) in [6, 6.07) is 13.6. The fraction of sp³-hybridized carbons (Fsp3) is 0.211. The lowest BCUT2D eigenvalue weighted by Gasteiger charge is -2.28. The summed E-state index contributed by atoms with van der Waals surface area (Å²) >= 11 is 5.99. The van der Waals surface area contributed by atoms with Gasteiger partial charge in [-0.05, 0) is 42.5 Å². The van der Waals surface area contributed by atoms with Gasteiger partial charge in [-0.25, -0.2) is 8.42 Å². The molecule has 0 bridgehead atoms. The Morgan fingerprint density at radius 1 is 1.00 bits per heavy atom. The molecule has 1 fully saturated rings. The maximum absolute atomic E-state index is 13.1. The molecule has 5 nitrogen and oxygen atoms in total. The molecule has 134 valence electrons. The van der Waals surface area contributed by atoms with E-state index in [0.717, 1.165) is 18.8 Å². The van der Waals surface area contributed by atoms with Gasteiger partial charge in [-0.2, -0.15) is 0 Å². The topological polar surface area (TPSA) is 59.5 Å². The zero-order chi connectivity index (χ0) is 18.1. The number of hydrogen-bond acceptors (Lipinski definition) is 5. The molecular weight excluding hydrogens is 372 g/mol. The second-order valence-corrected chi connectivity index (χ2v) is 8.42. The summed E-state index contributed by atoms with van der Waals surface area (Å²) < 4.78 is 31.6. The Balaban J connectivity index is 1.73. The molecule has 0 spiro atoms. The largest absolute Gasteiger partial charge is 0.378 e. The number of ether oxygens (including phenoxy) is 1. The minimum Gasteiger partial charge on any atom is -0.378 e. The number of rotatable bonds is 3. The molecule has 0 atom stereocenters. The monoisotopic (exact) mass is 388 g/mol. The predicted octanol–water partition coefficient (Wildman–Crippen LogP) is 3.56. The third-order valence-electron chi connectivity index (χ3n) is 4.48. The van der Waals surface area contributed by atoms with Gasteiger partial charge in [0.2, 0.25) is 9.84 Å². The van der Waals surface area contributed by atoms with Crippen molar-refractivity contribution in [1.29, 1.82) is 0 Å². The first kappa shape index (κ1) is 17.3. The smallest absolute Gasteiger partial charge is 0.207 e. The molecule has 0 saturated carbocycles. The Hall–Kier alpha value is -2.15. The molecule has 1 saturated heterocycles. The van der Waals surface area contributed by atoms with Gasteiger partial charge in [-0.3, -0.25) is 4.98 Å². The zero-order valence-corrected chi connectivity index (χ0v) is 15.5. The molecule has 4 rings (SSSR count). The van der Waals surface area contributed by atoms with Gasteiger partial charge in [0.25, 0.3) is 0 Å². The van der Waals surface area contributed by atoms with Crippen molar-refractivity contribution < 1.29 is 13.2 Å². The summed E-state index contributed by atoms with van der Waals surface area (Å²) in [5, 5.41) is 1.09. The fourth-order valence-corrected chi connectivity index (χ4v) is 4.73. The van der Waals surface area contributed by atoms with Crippen LogP contribution < -0.4 is 4.90 Å². The van der Waals surface area contributed by atoms with Crippen molar-refractivity contribution in [2.75, 3.05) is 31.2 Å². The lowest BCUT2D eigenvalue weighted by molar-refractivity contribution is 0.122. The predicted molar refractivity (Wildman–Crippen MR) is 102 cm³/mol. The van der Waals surface area contributed by atoms with Crippen molar-refractivity contribution in [3.05, 3.63) is 59.8 Å². The first-order valence-corrected chi connectivity index (χ1v) is 10.1. The van der Waals surface area contributed by atoms with E-state index in [-0.39, 0.29) is 9.79 Å². The highest BCUT2D eigenvalue weighted by Gasteiger charge is 2.21. The summed E-state index contributed by atoms with van der Waals surface area (Å²) in [6.07, 6.45) is 1.49. The average molecular weight is 389 g/mol. The molecule has 7 heteroatoms. The lowest BCUT2D eigenvalue weighted by Crippen LogP contribution is -2.36. The SMILES string of the molecule is O=S(=O)(c1ccc(N2CCOCC2)cc1)c1ccnc2cc(Cl)ccc12. The number of morpholine rings is 1. The fourth-order valence-electron chi connectivity index (χ4n) is 3.11. The second-order valence-electron chi connectivity index (χ2n) is 6.07. The molecule has 2 aromatic carbocycles. The quantitative estimate of drug-likeness (QED) is 0.686. The molecule has 26 heavy (non-hydrogen) atoms. The van der Waals surface area contributed by atoms with E-state index in [0.29, 0.717) is 29.1 Å². The van der Waals surface area contributed by atoms with Gasteiger partial charge in [0.15, 0.2) is 0 Å². The van der Waals surface area contributed by atoms with Crippen LogP contribution in [0.4, 0.5) is 5.69 Å². The Bertz CT molecular complexity index is 1050. The van der Waals surface area contributed by atoms with Gasteiger partial charge in [0.05, 0.1) is 28.5 Å². The van der Waals surface area contributed by atoms with E-state index in [1.807, 2.05) is 12.1 Å². The van der Waals surface area contributed by atoms with Crippen LogP contribution in [0, 0.1) is 0 Å². The van der Waals surface area contributed by atoms with E-state index in [9.17, 15) is 8.42 Å². The summed E-state index contributed by atoms with van der Waals surface area (Å²) in [5.74, 6) is 0. The van der Waals surface area contributed by atoms with Crippen molar-refractivity contribution in [3.8, 4) is 0 Å².